The van der Waals surface area contributed by atoms with E-state index in [1.807, 2.05) is 0 Å². The van der Waals surface area contributed by atoms with Crippen LogP contribution in [0.2, 0.25) is 0 Å². The molecule has 0 aromatic heterocycles. The first kappa shape index (κ1) is 36.3. The molecule has 0 radical (unpaired) electrons. The van der Waals surface area contributed by atoms with Gasteiger partial charge in [-0.2, -0.15) is 0 Å². The standard InChI is InChI=1S/C33H55N3O5/c1-4-5-6-7-8-9-10-11-12-13-14-15-16-17-18-23-29(38)35-27-21-19-20-22-28(27)36-30(39)24-25-34-32(41)31(40)33(2,3)26-37/h11-12,19-22,31,37,40H,4-10,13-18,23-26H2,1-3H3,(H,34,41)(H,35,38)(H,36,39). The summed E-state index contributed by atoms with van der Waals surface area (Å²) >= 11 is 0. The summed E-state index contributed by atoms with van der Waals surface area (Å²) in [5, 5.41) is 27.5. The maximum absolute atomic E-state index is 12.5. The Morgan fingerprint density at radius 3 is 1.80 bits per heavy atom. The lowest BCUT2D eigenvalue weighted by Gasteiger charge is -2.27. The summed E-state index contributed by atoms with van der Waals surface area (Å²) in [6.07, 6.45) is 19.4. The minimum atomic E-state index is -1.38. The van der Waals surface area contributed by atoms with E-state index in [2.05, 4.69) is 35.0 Å². The molecule has 0 spiro atoms. The van der Waals surface area contributed by atoms with Gasteiger partial charge in [0.05, 0.1) is 18.0 Å². The quantitative estimate of drug-likeness (QED) is 0.0756. The lowest BCUT2D eigenvalue weighted by molar-refractivity contribution is -0.137. The zero-order chi connectivity index (χ0) is 30.3. The number of anilines is 2. The third-order valence-electron chi connectivity index (χ3n) is 7.19. The first-order valence-corrected chi connectivity index (χ1v) is 15.6. The van der Waals surface area contributed by atoms with E-state index in [0.717, 1.165) is 25.7 Å². The molecule has 0 aliphatic carbocycles. The fourth-order valence-corrected chi connectivity index (χ4v) is 4.32. The fraction of sp³-hybridized carbons (Fsp3) is 0.667. The maximum Gasteiger partial charge on any atom is 0.249 e. The molecule has 5 N–H and O–H groups in total. The summed E-state index contributed by atoms with van der Waals surface area (Å²) in [6.45, 7) is 5.09. The number of hydrogen-bond acceptors (Lipinski definition) is 5. The first-order valence-electron chi connectivity index (χ1n) is 15.6. The van der Waals surface area contributed by atoms with Gasteiger partial charge in [0.2, 0.25) is 17.7 Å². The Kier molecular flexibility index (Phi) is 19.5. The SMILES string of the molecule is CCCCCCCCC=CCCCCCCCC(=O)Nc1ccccc1NC(=O)CCNC(=O)C(O)C(C)(C)CO. The number of benzene rings is 1. The monoisotopic (exact) mass is 573 g/mol. The van der Waals surface area contributed by atoms with E-state index in [-0.39, 0.29) is 31.4 Å². The summed E-state index contributed by atoms with van der Waals surface area (Å²) in [6, 6.07) is 7.01. The Bertz CT molecular complexity index is 916. The molecule has 232 valence electrons. The van der Waals surface area contributed by atoms with E-state index in [0.29, 0.717) is 17.8 Å². The number of carbonyl (C=O) groups is 3. The average Bonchev–Trinajstić information content (AvgIpc) is 2.95. The van der Waals surface area contributed by atoms with E-state index in [1.165, 1.54) is 57.8 Å². The number of carbonyl (C=O) groups excluding carboxylic acids is 3. The molecular weight excluding hydrogens is 518 g/mol. The molecular formula is C33H55N3O5. The Labute approximate surface area is 247 Å². The molecule has 0 bridgehead atoms. The number of rotatable bonds is 23. The van der Waals surface area contributed by atoms with E-state index in [4.69, 9.17) is 0 Å². The van der Waals surface area contributed by atoms with E-state index in [9.17, 15) is 24.6 Å². The van der Waals surface area contributed by atoms with Gasteiger partial charge in [0.15, 0.2) is 0 Å². The van der Waals surface area contributed by atoms with Gasteiger partial charge >= 0.3 is 0 Å². The van der Waals surface area contributed by atoms with Crippen LogP contribution in [0.15, 0.2) is 36.4 Å². The van der Waals surface area contributed by atoms with Crippen LogP contribution in [0.25, 0.3) is 0 Å². The number of para-hydroxylation sites is 2. The molecule has 1 rings (SSSR count). The molecule has 1 atom stereocenters. The fourth-order valence-electron chi connectivity index (χ4n) is 4.32. The number of allylic oxidation sites excluding steroid dienone is 2. The molecule has 0 aliphatic rings. The third-order valence-corrected chi connectivity index (χ3v) is 7.19. The molecule has 0 saturated heterocycles. The smallest absolute Gasteiger partial charge is 0.249 e. The van der Waals surface area contributed by atoms with Crippen LogP contribution >= 0.6 is 0 Å². The lowest BCUT2D eigenvalue weighted by Crippen LogP contribution is -2.46. The topological polar surface area (TPSA) is 128 Å². The second kappa shape index (κ2) is 22.0. The zero-order valence-electron chi connectivity index (χ0n) is 25.7. The molecule has 0 fully saturated rings. The average molecular weight is 574 g/mol. The Hall–Kier alpha value is -2.71. The molecule has 0 saturated carbocycles. The van der Waals surface area contributed by atoms with Gasteiger partial charge in [0.25, 0.3) is 0 Å². The van der Waals surface area contributed by atoms with Crippen molar-refractivity contribution in [1.29, 1.82) is 0 Å². The third kappa shape index (κ3) is 17.0. The number of aliphatic hydroxyl groups is 2. The Balaban J connectivity index is 2.22. The summed E-state index contributed by atoms with van der Waals surface area (Å²) in [7, 11) is 0. The largest absolute Gasteiger partial charge is 0.396 e. The normalized spacial score (nSPS) is 12.3. The highest BCUT2D eigenvalue weighted by Crippen LogP contribution is 2.22. The lowest BCUT2D eigenvalue weighted by atomic mass is 9.87. The predicted octanol–water partition coefficient (Wildman–Crippen LogP) is 6.49. The van der Waals surface area contributed by atoms with Gasteiger partial charge < -0.3 is 26.2 Å². The van der Waals surface area contributed by atoms with Crippen molar-refractivity contribution in [2.75, 3.05) is 23.8 Å². The molecule has 0 heterocycles. The predicted molar refractivity (Wildman–Crippen MR) is 168 cm³/mol. The van der Waals surface area contributed by atoms with Gasteiger partial charge in [0.1, 0.15) is 6.10 Å². The highest BCUT2D eigenvalue weighted by atomic mass is 16.3. The molecule has 1 aromatic carbocycles. The van der Waals surface area contributed by atoms with Gasteiger partial charge in [-0.1, -0.05) is 96.4 Å². The Morgan fingerprint density at radius 1 is 0.780 bits per heavy atom. The maximum atomic E-state index is 12.5. The second-order valence-electron chi connectivity index (χ2n) is 11.6. The summed E-state index contributed by atoms with van der Waals surface area (Å²) in [4.78, 5) is 36.9. The van der Waals surface area contributed by atoms with Crippen molar-refractivity contribution in [2.45, 2.75) is 123 Å². The summed E-state index contributed by atoms with van der Waals surface area (Å²) in [5.74, 6) is -1.06. The minimum absolute atomic E-state index is 0.00475. The van der Waals surface area contributed by atoms with Crippen LogP contribution < -0.4 is 16.0 Å². The van der Waals surface area contributed by atoms with E-state index >= 15 is 0 Å². The molecule has 8 nitrogen and oxygen atoms in total. The highest BCUT2D eigenvalue weighted by molar-refractivity contribution is 5.99. The van der Waals surface area contributed by atoms with Crippen LogP contribution in [0.4, 0.5) is 11.4 Å². The first-order chi connectivity index (χ1) is 19.7. The van der Waals surface area contributed by atoms with Gasteiger partial charge in [-0.25, -0.2) is 0 Å². The van der Waals surface area contributed by atoms with Gasteiger partial charge in [-0.3, -0.25) is 14.4 Å². The van der Waals surface area contributed by atoms with Crippen molar-refractivity contribution in [1.82, 2.24) is 5.32 Å². The molecule has 8 heteroatoms. The van der Waals surface area contributed by atoms with Crippen LogP contribution in [0.3, 0.4) is 0 Å². The molecule has 3 amide bonds. The van der Waals surface area contributed by atoms with Crippen molar-refractivity contribution < 1.29 is 24.6 Å². The molecule has 0 aliphatic heterocycles. The van der Waals surface area contributed by atoms with E-state index < -0.39 is 17.4 Å². The van der Waals surface area contributed by atoms with Gasteiger partial charge in [-0.15, -0.1) is 0 Å². The van der Waals surface area contributed by atoms with Crippen LogP contribution in [0.1, 0.15) is 117 Å². The number of hydrogen-bond donors (Lipinski definition) is 5. The van der Waals surface area contributed by atoms with Crippen molar-refractivity contribution in [2.24, 2.45) is 5.41 Å². The van der Waals surface area contributed by atoms with E-state index in [1.54, 1.807) is 38.1 Å². The Morgan fingerprint density at radius 2 is 1.27 bits per heavy atom. The highest BCUT2D eigenvalue weighted by Gasteiger charge is 2.32. The molecule has 41 heavy (non-hydrogen) atoms. The second-order valence-corrected chi connectivity index (χ2v) is 11.6. The van der Waals surface area contributed by atoms with Crippen molar-refractivity contribution in [3.05, 3.63) is 36.4 Å². The number of amides is 3. The summed E-state index contributed by atoms with van der Waals surface area (Å²) < 4.78 is 0. The summed E-state index contributed by atoms with van der Waals surface area (Å²) in [5.41, 5.74) is 0.0407. The number of nitrogens with one attached hydrogen (secondary N) is 3. The van der Waals surface area contributed by atoms with Crippen LogP contribution in [-0.4, -0.2) is 47.2 Å². The van der Waals surface area contributed by atoms with Gasteiger partial charge in [0, 0.05) is 24.8 Å². The van der Waals surface area contributed by atoms with Gasteiger partial charge in [-0.05, 0) is 44.2 Å². The van der Waals surface area contributed by atoms with Crippen LogP contribution in [-0.2, 0) is 14.4 Å². The van der Waals surface area contributed by atoms with Crippen molar-refractivity contribution >= 4 is 29.1 Å². The number of aliphatic hydroxyl groups excluding tert-OH is 2. The van der Waals surface area contributed by atoms with Crippen LogP contribution in [0.5, 0.6) is 0 Å². The number of unbranched alkanes of at least 4 members (excludes halogenated alkanes) is 11. The van der Waals surface area contributed by atoms with Crippen molar-refractivity contribution in [3.63, 3.8) is 0 Å². The molecule has 1 unspecified atom stereocenters. The molecule has 1 aromatic rings. The van der Waals surface area contributed by atoms with Crippen LogP contribution in [0, 0.1) is 5.41 Å². The van der Waals surface area contributed by atoms with Crippen molar-refractivity contribution in [3.8, 4) is 0 Å². The zero-order valence-corrected chi connectivity index (χ0v) is 25.7. The minimum Gasteiger partial charge on any atom is -0.396 e.